The molecule has 4 aromatic rings. The molecule has 0 amide bonds. The first-order valence-corrected chi connectivity index (χ1v) is 8.77. The summed E-state index contributed by atoms with van der Waals surface area (Å²) >= 11 is 0. The number of aromatic nitrogens is 5. The van der Waals surface area contributed by atoms with Crippen LogP contribution in [0.5, 0.6) is 17.2 Å². The Morgan fingerprint density at radius 1 is 0.897 bits per heavy atom. The molecule has 0 aliphatic carbocycles. The number of hydrogen-bond acceptors (Lipinski definition) is 8. The van der Waals surface area contributed by atoms with Crippen molar-refractivity contribution in [3.8, 4) is 45.9 Å². The van der Waals surface area contributed by atoms with Crippen LogP contribution in [0.25, 0.3) is 28.7 Å². The molecule has 148 valence electrons. The molecular formula is C20H19N5O4. The fraction of sp³-hybridized carbons (Fsp3) is 0.200. The Hall–Kier alpha value is -3.88. The third-order valence-electron chi connectivity index (χ3n) is 4.49. The monoisotopic (exact) mass is 393 g/mol. The summed E-state index contributed by atoms with van der Waals surface area (Å²) in [6, 6.07) is 12.8. The maximum absolute atomic E-state index is 5.44. The standard InChI is InChI=1S/C20H19N5O4/c1-12-18(20-21-19(23-29-20)13-5-7-14(26-2)8-6-13)22-24-25(12)16-11-15(27-3)9-10-17(16)28-4/h5-11H,1-4H3. The zero-order chi connectivity index (χ0) is 20.4. The first-order chi connectivity index (χ1) is 14.1. The van der Waals surface area contributed by atoms with Gasteiger partial charge in [-0.3, -0.25) is 0 Å². The van der Waals surface area contributed by atoms with Crippen molar-refractivity contribution >= 4 is 0 Å². The molecule has 0 aliphatic rings. The summed E-state index contributed by atoms with van der Waals surface area (Å²) in [4.78, 5) is 4.46. The quantitative estimate of drug-likeness (QED) is 0.492. The molecule has 0 radical (unpaired) electrons. The minimum Gasteiger partial charge on any atom is -0.497 e. The number of hydrogen-bond donors (Lipinski definition) is 0. The average molecular weight is 393 g/mol. The highest BCUT2D eigenvalue weighted by atomic mass is 16.5. The first kappa shape index (κ1) is 18.5. The molecule has 0 bridgehead atoms. The number of methoxy groups -OCH3 is 3. The smallest absolute Gasteiger partial charge is 0.280 e. The van der Waals surface area contributed by atoms with Gasteiger partial charge in [-0.15, -0.1) is 5.10 Å². The van der Waals surface area contributed by atoms with E-state index in [0.717, 1.165) is 17.0 Å². The number of rotatable bonds is 6. The van der Waals surface area contributed by atoms with Gasteiger partial charge in [0.25, 0.3) is 5.89 Å². The van der Waals surface area contributed by atoms with E-state index in [2.05, 4.69) is 20.5 Å². The minimum atomic E-state index is 0.279. The second-order valence-electron chi connectivity index (χ2n) is 6.12. The summed E-state index contributed by atoms with van der Waals surface area (Å²) in [5.74, 6) is 2.80. The zero-order valence-corrected chi connectivity index (χ0v) is 16.4. The van der Waals surface area contributed by atoms with Crippen molar-refractivity contribution in [1.82, 2.24) is 25.1 Å². The van der Waals surface area contributed by atoms with Crippen LogP contribution in [0.15, 0.2) is 47.0 Å². The van der Waals surface area contributed by atoms with Gasteiger partial charge < -0.3 is 18.7 Å². The molecule has 0 saturated heterocycles. The SMILES string of the molecule is COc1ccc(-c2noc(-c3nnn(-c4cc(OC)ccc4OC)c3C)n2)cc1. The Morgan fingerprint density at radius 3 is 2.31 bits per heavy atom. The summed E-state index contributed by atoms with van der Waals surface area (Å²) in [5, 5.41) is 12.5. The molecule has 2 heterocycles. The largest absolute Gasteiger partial charge is 0.497 e. The van der Waals surface area contributed by atoms with E-state index in [1.165, 1.54) is 0 Å². The van der Waals surface area contributed by atoms with Gasteiger partial charge in [0.2, 0.25) is 5.82 Å². The van der Waals surface area contributed by atoms with E-state index in [1.54, 1.807) is 26.0 Å². The van der Waals surface area contributed by atoms with Crippen LogP contribution in [0.1, 0.15) is 5.69 Å². The fourth-order valence-electron chi connectivity index (χ4n) is 2.89. The van der Waals surface area contributed by atoms with Gasteiger partial charge in [-0.25, -0.2) is 4.68 Å². The predicted molar refractivity (Wildman–Crippen MR) is 104 cm³/mol. The van der Waals surface area contributed by atoms with Gasteiger partial charge in [-0.2, -0.15) is 4.98 Å². The van der Waals surface area contributed by atoms with E-state index in [-0.39, 0.29) is 5.89 Å². The fourth-order valence-corrected chi connectivity index (χ4v) is 2.89. The lowest BCUT2D eigenvalue weighted by molar-refractivity contribution is 0.400. The number of nitrogens with zero attached hydrogens (tertiary/aromatic N) is 5. The lowest BCUT2D eigenvalue weighted by atomic mass is 10.2. The van der Waals surface area contributed by atoms with Crippen LogP contribution >= 0.6 is 0 Å². The third kappa shape index (κ3) is 3.38. The van der Waals surface area contributed by atoms with Crippen molar-refractivity contribution in [2.45, 2.75) is 6.92 Å². The van der Waals surface area contributed by atoms with Crippen molar-refractivity contribution < 1.29 is 18.7 Å². The lowest BCUT2D eigenvalue weighted by Crippen LogP contribution is -2.02. The van der Waals surface area contributed by atoms with Crippen molar-refractivity contribution in [2.75, 3.05) is 21.3 Å². The number of benzene rings is 2. The van der Waals surface area contributed by atoms with Crippen molar-refractivity contribution in [1.29, 1.82) is 0 Å². The number of ether oxygens (including phenoxy) is 3. The molecule has 0 atom stereocenters. The van der Waals surface area contributed by atoms with Gasteiger partial charge in [-0.05, 0) is 43.3 Å². The molecular weight excluding hydrogens is 374 g/mol. The van der Waals surface area contributed by atoms with E-state index in [4.69, 9.17) is 18.7 Å². The predicted octanol–water partition coefficient (Wildman–Crippen LogP) is 3.32. The Morgan fingerprint density at radius 2 is 1.62 bits per heavy atom. The van der Waals surface area contributed by atoms with Gasteiger partial charge in [0.05, 0.1) is 27.0 Å². The van der Waals surface area contributed by atoms with Crippen molar-refractivity contribution in [3.05, 3.63) is 48.2 Å². The highest BCUT2D eigenvalue weighted by Gasteiger charge is 2.20. The Labute approximate surface area is 166 Å². The van der Waals surface area contributed by atoms with Crippen LogP contribution in [0.4, 0.5) is 0 Å². The molecule has 0 spiro atoms. The van der Waals surface area contributed by atoms with Crippen LogP contribution in [0.2, 0.25) is 0 Å². The highest BCUT2D eigenvalue weighted by Crippen LogP contribution is 2.30. The first-order valence-electron chi connectivity index (χ1n) is 8.77. The van der Waals surface area contributed by atoms with Gasteiger partial charge in [0.15, 0.2) is 5.69 Å². The van der Waals surface area contributed by atoms with Crippen LogP contribution < -0.4 is 14.2 Å². The van der Waals surface area contributed by atoms with E-state index in [0.29, 0.717) is 28.7 Å². The molecule has 2 aromatic carbocycles. The Bertz CT molecular complexity index is 1130. The highest BCUT2D eigenvalue weighted by molar-refractivity contribution is 5.60. The molecule has 0 aliphatic heterocycles. The van der Waals surface area contributed by atoms with Gasteiger partial charge in [-0.1, -0.05) is 10.4 Å². The average Bonchev–Trinajstić information content (AvgIpc) is 3.40. The second-order valence-corrected chi connectivity index (χ2v) is 6.12. The van der Waals surface area contributed by atoms with Gasteiger partial charge in [0, 0.05) is 11.6 Å². The maximum atomic E-state index is 5.44. The van der Waals surface area contributed by atoms with E-state index >= 15 is 0 Å². The molecule has 29 heavy (non-hydrogen) atoms. The molecule has 2 aromatic heterocycles. The maximum Gasteiger partial charge on any atom is 0.280 e. The van der Waals surface area contributed by atoms with E-state index in [9.17, 15) is 0 Å². The molecule has 4 rings (SSSR count). The topological polar surface area (TPSA) is 97.3 Å². The third-order valence-corrected chi connectivity index (χ3v) is 4.49. The van der Waals surface area contributed by atoms with E-state index < -0.39 is 0 Å². The Kier molecular flexibility index (Phi) is 4.86. The summed E-state index contributed by atoms with van der Waals surface area (Å²) in [7, 11) is 4.81. The molecule has 0 saturated carbocycles. The van der Waals surface area contributed by atoms with Crippen LogP contribution in [-0.4, -0.2) is 46.5 Å². The van der Waals surface area contributed by atoms with Crippen LogP contribution in [-0.2, 0) is 0 Å². The summed E-state index contributed by atoms with van der Waals surface area (Å²) in [6.07, 6.45) is 0. The molecule has 0 N–H and O–H groups in total. The molecule has 9 heteroatoms. The summed E-state index contributed by atoms with van der Waals surface area (Å²) in [5.41, 5.74) is 2.71. The van der Waals surface area contributed by atoms with E-state index in [1.807, 2.05) is 49.4 Å². The molecule has 0 unspecified atom stereocenters. The molecule has 9 nitrogen and oxygen atoms in total. The second kappa shape index (κ2) is 7.63. The summed E-state index contributed by atoms with van der Waals surface area (Å²) in [6.45, 7) is 1.87. The Balaban J connectivity index is 1.70. The lowest BCUT2D eigenvalue weighted by Gasteiger charge is -2.11. The van der Waals surface area contributed by atoms with Crippen LogP contribution in [0, 0.1) is 6.92 Å². The zero-order valence-electron chi connectivity index (χ0n) is 16.4. The van der Waals surface area contributed by atoms with Gasteiger partial charge >= 0.3 is 0 Å². The normalized spacial score (nSPS) is 10.8. The van der Waals surface area contributed by atoms with Crippen molar-refractivity contribution in [3.63, 3.8) is 0 Å². The minimum absolute atomic E-state index is 0.279. The van der Waals surface area contributed by atoms with Gasteiger partial charge in [0.1, 0.15) is 22.9 Å². The summed E-state index contributed by atoms with van der Waals surface area (Å²) < 4.78 is 23.0. The molecule has 0 fully saturated rings. The van der Waals surface area contributed by atoms with Crippen LogP contribution in [0.3, 0.4) is 0 Å². The van der Waals surface area contributed by atoms with Crippen molar-refractivity contribution in [2.24, 2.45) is 0 Å².